The van der Waals surface area contributed by atoms with Gasteiger partial charge in [-0.15, -0.1) is 0 Å². The van der Waals surface area contributed by atoms with E-state index in [0.717, 1.165) is 17.2 Å². The molecule has 0 spiro atoms. The minimum Gasteiger partial charge on any atom is -0.258 e. The number of benzene rings is 2. The minimum atomic E-state index is -3.86. The minimum absolute atomic E-state index is 0.0181. The molecule has 0 amide bonds. The van der Waals surface area contributed by atoms with Crippen LogP contribution < -0.4 is 4.72 Å². The third-order valence-corrected chi connectivity index (χ3v) is 5.49. The summed E-state index contributed by atoms with van der Waals surface area (Å²) in [4.78, 5) is 10.1. The number of nitrogens with one attached hydrogen (secondary N) is 1. The molecule has 0 bridgehead atoms. The van der Waals surface area contributed by atoms with Gasteiger partial charge in [0.05, 0.1) is 9.82 Å². The highest BCUT2D eigenvalue weighted by Crippen LogP contribution is 2.25. The molecule has 25 heavy (non-hydrogen) atoms. The normalized spacial score (nSPS) is 13.4. The molecule has 134 valence electrons. The van der Waals surface area contributed by atoms with Gasteiger partial charge in [0.25, 0.3) is 5.69 Å². The summed E-state index contributed by atoms with van der Waals surface area (Å²) in [6.45, 7) is 8.06. The van der Waals surface area contributed by atoms with E-state index < -0.39 is 21.0 Å². The van der Waals surface area contributed by atoms with Crippen LogP contribution in [0.25, 0.3) is 0 Å². The van der Waals surface area contributed by atoms with Crippen molar-refractivity contribution in [3.8, 4) is 0 Å². The Hall–Kier alpha value is -2.25. The van der Waals surface area contributed by atoms with Gasteiger partial charge in [-0.05, 0) is 29.5 Å². The molecule has 0 aliphatic carbocycles. The predicted octanol–water partition coefficient (Wildman–Crippen LogP) is 3.93. The molecule has 7 heteroatoms. The fraction of sp³-hybridized carbons (Fsp3) is 0.333. The van der Waals surface area contributed by atoms with Crippen LogP contribution in [0.15, 0.2) is 53.4 Å². The molecule has 0 radical (unpaired) electrons. The Kier molecular flexibility index (Phi) is 5.29. The van der Waals surface area contributed by atoms with E-state index in [4.69, 9.17) is 0 Å². The number of sulfonamides is 1. The van der Waals surface area contributed by atoms with Crippen LogP contribution in [0, 0.1) is 10.1 Å². The van der Waals surface area contributed by atoms with Gasteiger partial charge in [0.2, 0.25) is 10.0 Å². The number of hydrogen-bond donors (Lipinski definition) is 1. The van der Waals surface area contributed by atoms with Crippen molar-refractivity contribution in [1.29, 1.82) is 0 Å². The number of nitro benzene ring substituents is 1. The van der Waals surface area contributed by atoms with E-state index >= 15 is 0 Å². The van der Waals surface area contributed by atoms with Crippen molar-refractivity contribution in [2.24, 2.45) is 0 Å². The second-order valence-corrected chi connectivity index (χ2v) is 8.68. The van der Waals surface area contributed by atoms with Gasteiger partial charge < -0.3 is 0 Å². The second kappa shape index (κ2) is 6.93. The molecule has 1 N–H and O–H groups in total. The van der Waals surface area contributed by atoms with Crippen LogP contribution in [0.5, 0.6) is 0 Å². The van der Waals surface area contributed by atoms with Crippen LogP contribution in [-0.2, 0) is 15.4 Å². The molecule has 2 aromatic carbocycles. The fourth-order valence-electron chi connectivity index (χ4n) is 2.40. The summed E-state index contributed by atoms with van der Waals surface area (Å²) in [5.74, 6) is 0. The zero-order chi connectivity index (χ0) is 18.8. The van der Waals surface area contributed by atoms with Crippen molar-refractivity contribution >= 4 is 15.7 Å². The Morgan fingerprint density at radius 1 is 1.08 bits per heavy atom. The lowest BCUT2D eigenvalue weighted by molar-refractivity contribution is -0.385. The Bertz CT molecular complexity index is 869. The maximum absolute atomic E-state index is 12.5. The zero-order valence-electron chi connectivity index (χ0n) is 14.7. The van der Waals surface area contributed by atoms with Crippen LogP contribution >= 0.6 is 0 Å². The topological polar surface area (TPSA) is 89.3 Å². The third-order valence-electron chi connectivity index (χ3n) is 3.95. The number of nitro groups is 1. The van der Waals surface area contributed by atoms with Gasteiger partial charge in [0.1, 0.15) is 0 Å². The molecule has 0 fully saturated rings. The van der Waals surface area contributed by atoms with Crippen molar-refractivity contribution in [1.82, 2.24) is 4.72 Å². The zero-order valence-corrected chi connectivity index (χ0v) is 15.5. The number of non-ortho nitro benzene ring substituents is 1. The Labute approximate surface area is 148 Å². The second-order valence-electron chi connectivity index (χ2n) is 6.97. The fourth-order valence-corrected chi connectivity index (χ4v) is 3.68. The Morgan fingerprint density at radius 3 is 2.20 bits per heavy atom. The summed E-state index contributed by atoms with van der Waals surface area (Å²) in [5.41, 5.74) is 1.74. The molecule has 0 unspecified atom stereocenters. The molecule has 6 nitrogen and oxygen atoms in total. The van der Waals surface area contributed by atoms with Gasteiger partial charge in [0.15, 0.2) is 0 Å². The van der Waals surface area contributed by atoms with E-state index in [1.165, 1.54) is 18.2 Å². The monoisotopic (exact) mass is 362 g/mol. The Morgan fingerprint density at radius 2 is 1.68 bits per heavy atom. The highest BCUT2D eigenvalue weighted by Gasteiger charge is 2.21. The van der Waals surface area contributed by atoms with Gasteiger partial charge in [-0.25, -0.2) is 13.1 Å². The highest BCUT2D eigenvalue weighted by atomic mass is 32.2. The van der Waals surface area contributed by atoms with Crippen molar-refractivity contribution in [2.45, 2.75) is 44.0 Å². The van der Waals surface area contributed by atoms with Crippen molar-refractivity contribution in [2.75, 3.05) is 0 Å². The maximum atomic E-state index is 12.5. The molecule has 2 aromatic rings. The Balaban J connectivity index is 2.22. The molecule has 2 rings (SSSR count). The smallest absolute Gasteiger partial charge is 0.258 e. The quantitative estimate of drug-likeness (QED) is 0.644. The highest BCUT2D eigenvalue weighted by molar-refractivity contribution is 7.89. The SMILES string of the molecule is C[C@H](NS(=O)(=O)c1cccc([N+](=O)[O-])c1)c1ccc(C(C)(C)C)cc1. The lowest BCUT2D eigenvalue weighted by Crippen LogP contribution is -2.27. The van der Waals surface area contributed by atoms with Crippen LogP contribution in [0.1, 0.15) is 44.9 Å². The summed E-state index contributed by atoms with van der Waals surface area (Å²) < 4.78 is 27.5. The van der Waals surface area contributed by atoms with Gasteiger partial charge >= 0.3 is 0 Å². The van der Waals surface area contributed by atoms with Crippen LogP contribution in [0.3, 0.4) is 0 Å². The number of nitrogens with zero attached hydrogens (tertiary/aromatic N) is 1. The van der Waals surface area contributed by atoms with Gasteiger partial charge in [-0.3, -0.25) is 10.1 Å². The van der Waals surface area contributed by atoms with E-state index in [1.807, 2.05) is 24.3 Å². The molecule has 0 saturated heterocycles. The van der Waals surface area contributed by atoms with Crippen molar-refractivity contribution in [3.05, 3.63) is 69.8 Å². The number of hydrogen-bond acceptors (Lipinski definition) is 4. The molecular formula is C18H22N2O4S. The van der Waals surface area contributed by atoms with Gasteiger partial charge in [-0.1, -0.05) is 51.1 Å². The average molecular weight is 362 g/mol. The summed E-state index contributed by atoms with van der Waals surface area (Å²) in [6, 6.07) is 12.3. The van der Waals surface area contributed by atoms with E-state index in [2.05, 4.69) is 25.5 Å². The largest absolute Gasteiger partial charge is 0.270 e. The molecule has 0 aromatic heterocycles. The summed E-state index contributed by atoms with van der Waals surface area (Å²) >= 11 is 0. The lowest BCUT2D eigenvalue weighted by atomic mass is 9.86. The first kappa shape index (κ1) is 19.1. The van der Waals surface area contributed by atoms with E-state index in [9.17, 15) is 18.5 Å². The number of rotatable bonds is 5. The molecule has 0 heterocycles. The molecule has 1 atom stereocenters. The van der Waals surface area contributed by atoms with Gasteiger partial charge in [0, 0.05) is 18.2 Å². The van der Waals surface area contributed by atoms with Crippen LogP contribution in [0.4, 0.5) is 5.69 Å². The van der Waals surface area contributed by atoms with Gasteiger partial charge in [-0.2, -0.15) is 0 Å². The maximum Gasteiger partial charge on any atom is 0.270 e. The van der Waals surface area contributed by atoms with Crippen molar-refractivity contribution in [3.63, 3.8) is 0 Å². The average Bonchev–Trinajstić information content (AvgIpc) is 2.54. The summed E-state index contributed by atoms with van der Waals surface area (Å²) in [5, 5.41) is 10.8. The van der Waals surface area contributed by atoms with E-state index in [1.54, 1.807) is 6.92 Å². The molecule has 0 aliphatic rings. The van der Waals surface area contributed by atoms with Crippen molar-refractivity contribution < 1.29 is 13.3 Å². The first-order chi connectivity index (χ1) is 11.5. The summed E-state index contributed by atoms with van der Waals surface area (Å²) in [6.07, 6.45) is 0. The standard InChI is InChI=1S/C18H22N2O4S/c1-13(14-8-10-15(11-9-14)18(2,3)4)19-25(23,24)17-7-5-6-16(12-17)20(21)22/h5-13,19H,1-4H3/t13-/m0/s1. The lowest BCUT2D eigenvalue weighted by Gasteiger charge is -2.20. The molecule has 0 aliphatic heterocycles. The van der Waals surface area contributed by atoms with Crippen LogP contribution in [0.2, 0.25) is 0 Å². The molecule has 0 saturated carbocycles. The summed E-state index contributed by atoms with van der Waals surface area (Å²) in [7, 11) is -3.86. The van der Waals surface area contributed by atoms with E-state index in [-0.39, 0.29) is 16.0 Å². The first-order valence-electron chi connectivity index (χ1n) is 7.88. The first-order valence-corrected chi connectivity index (χ1v) is 9.36. The molecular weight excluding hydrogens is 340 g/mol. The van der Waals surface area contributed by atoms with E-state index in [0.29, 0.717) is 0 Å². The third kappa shape index (κ3) is 4.64. The predicted molar refractivity (Wildman–Crippen MR) is 97.0 cm³/mol. The van der Waals surface area contributed by atoms with Crippen LogP contribution in [-0.4, -0.2) is 13.3 Å².